The molecule has 0 bridgehead atoms. The summed E-state index contributed by atoms with van der Waals surface area (Å²) in [7, 11) is -4.26. The van der Waals surface area contributed by atoms with E-state index in [1.807, 2.05) is 0 Å². The van der Waals surface area contributed by atoms with Crippen LogP contribution in [0.3, 0.4) is 0 Å². The molecule has 0 unspecified atom stereocenters. The van der Waals surface area contributed by atoms with Crippen molar-refractivity contribution in [3.8, 4) is 11.5 Å². The van der Waals surface area contributed by atoms with Crippen LogP contribution in [0.1, 0.15) is 40.4 Å². The number of aromatic nitrogens is 1. The van der Waals surface area contributed by atoms with Gasteiger partial charge in [0.1, 0.15) is 17.5 Å². The molecule has 0 aliphatic carbocycles. The third-order valence-corrected chi connectivity index (χ3v) is 9.20. The standard InChI is InChI=1S/C29H28N4O8S/c34-26(17-33-29(36)22-5-1-2-6-25(22)42(33,37)38)32(16-19-7-8-23-24(14-19)41-18-40-23)27(20-9-11-30-12-10-20)28(35)31-15-21-4-3-13-39-21/h1-2,5-12,14,21,27H,3-4,13,15-18H2,(H,31,35)/t21-,27-/m0/s1. The number of nitrogens with one attached hydrogen (secondary N) is 1. The molecule has 12 nitrogen and oxygen atoms in total. The van der Waals surface area contributed by atoms with Gasteiger partial charge in [0, 0.05) is 32.1 Å². The Hall–Kier alpha value is -4.49. The zero-order valence-electron chi connectivity index (χ0n) is 22.5. The predicted octanol–water partition coefficient (Wildman–Crippen LogP) is 2.02. The maximum atomic E-state index is 14.1. The summed E-state index contributed by atoms with van der Waals surface area (Å²) >= 11 is 0. The van der Waals surface area contributed by atoms with Crippen LogP contribution in [0.15, 0.2) is 71.9 Å². The fourth-order valence-corrected chi connectivity index (χ4v) is 6.81. The predicted molar refractivity (Wildman–Crippen MR) is 147 cm³/mol. The Morgan fingerprint density at radius 3 is 2.62 bits per heavy atom. The van der Waals surface area contributed by atoms with E-state index in [4.69, 9.17) is 14.2 Å². The van der Waals surface area contributed by atoms with Gasteiger partial charge in [0.15, 0.2) is 11.5 Å². The smallest absolute Gasteiger partial charge is 0.269 e. The van der Waals surface area contributed by atoms with E-state index in [2.05, 4.69) is 10.3 Å². The van der Waals surface area contributed by atoms with Gasteiger partial charge in [-0.05, 0) is 60.4 Å². The SMILES string of the molecule is O=C(NC[C@@H]1CCCO1)[C@H](c1ccncc1)N(Cc1ccc2c(c1)OCO2)C(=O)CN1C(=O)c2ccccc2S1(=O)=O. The summed E-state index contributed by atoms with van der Waals surface area (Å²) in [5, 5.41) is 2.90. The Kier molecular flexibility index (Phi) is 7.52. The molecule has 1 aromatic heterocycles. The minimum Gasteiger partial charge on any atom is -0.454 e. The van der Waals surface area contributed by atoms with Gasteiger partial charge in [-0.2, -0.15) is 0 Å². The molecule has 6 rings (SSSR count). The van der Waals surface area contributed by atoms with Crippen LogP contribution in [-0.4, -0.2) is 72.9 Å². The van der Waals surface area contributed by atoms with Crippen molar-refractivity contribution < 1.29 is 37.0 Å². The Balaban J connectivity index is 1.35. The summed E-state index contributed by atoms with van der Waals surface area (Å²) in [5.41, 5.74) is 1.06. The molecule has 218 valence electrons. The molecule has 0 spiro atoms. The van der Waals surface area contributed by atoms with Crippen LogP contribution in [0.5, 0.6) is 11.5 Å². The van der Waals surface area contributed by atoms with Gasteiger partial charge in [-0.3, -0.25) is 19.4 Å². The van der Waals surface area contributed by atoms with Crippen molar-refractivity contribution in [1.29, 1.82) is 0 Å². The topological polar surface area (TPSA) is 144 Å². The first kappa shape index (κ1) is 27.7. The molecule has 2 aromatic carbocycles. The van der Waals surface area contributed by atoms with E-state index in [9.17, 15) is 22.8 Å². The van der Waals surface area contributed by atoms with Crippen LogP contribution in [0.4, 0.5) is 0 Å². The van der Waals surface area contributed by atoms with Gasteiger partial charge in [-0.1, -0.05) is 18.2 Å². The average Bonchev–Trinajstić information content (AvgIpc) is 3.74. The Labute approximate surface area is 242 Å². The number of sulfonamides is 1. The quantitative estimate of drug-likeness (QED) is 0.395. The minimum absolute atomic E-state index is 0.00684. The van der Waals surface area contributed by atoms with Crippen LogP contribution in [0.2, 0.25) is 0 Å². The monoisotopic (exact) mass is 592 g/mol. The van der Waals surface area contributed by atoms with Gasteiger partial charge in [0.25, 0.3) is 15.9 Å². The molecule has 1 saturated heterocycles. The van der Waals surface area contributed by atoms with Crippen LogP contribution >= 0.6 is 0 Å². The number of carbonyl (C=O) groups is 3. The van der Waals surface area contributed by atoms with Gasteiger partial charge in [0.05, 0.1) is 11.7 Å². The zero-order valence-corrected chi connectivity index (χ0v) is 23.3. The second kappa shape index (κ2) is 11.4. The molecule has 3 aromatic rings. The zero-order chi connectivity index (χ0) is 29.3. The maximum Gasteiger partial charge on any atom is 0.269 e. The van der Waals surface area contributed by atoms with E-state index in [0.717, 1.165) is 12.8 Å². The molecule has 2 atom stereocenters. The number of benzene rings is 2. The summed E-state index contributed by atoms with van der Waals surface area (Å²) in [6.07, 6.45) is 4.56. The first-order chi connectivity index (χ1) is 20.3. The number of rotatable bonds is 9. The Bertz CT molecular complexity index is 1630. The molecular weight excluding hydrogens is 564 g/mol. The number of carbonyl (C=O) groups excluding carboxylic acids is 3. The highest BCUT2D eigenvalue weighted by Crippen LogP contribution is 2.35. The Morgan fingerprint density at radius 2 is 1.86 bits per heavy atom. The number of ether oxygens (including phenoxy) is 3. The first-order valence-electron chi connectivity index (χ1n) is 13.5. The first-order valence-corrected chi connectivity index (χ1v) is 14.9. The maximum absolute atomic E-state index is 14.1. The fourth-order valence-electron chi connectivity index (χ4n) is 5.30. The van der Waals surface area contributed by atoms with Crippen molar-refractivity contribution in [3.63, 3.8) is 0 Å². The van der Waals surface area contributed by atoms with Crippen molar-refractivity contribution in [2.45, 2.75) is 36.4 Å². The number of fused-ring (bicyclic) bond motifs is 2. The van der Waals surface area contributed by atoms with E-state index in [1.54, 1.807) is 36.4 Å². The van der Waals surface area contributed by atoms with Crippen molar-refractivity contribution in [3.05, 3.63) is 83.7 Å². The largest absolute Gasteiger partial charge is 0.454 e. The van der Waals surface area contributed by atoms with E-state index >= 15 is 0 Å². The summed E-state index contributed by atoms with van der Waals surface area (Å²) in [6.45, 7) is 0.0403. The van der Waals surface area contributed by atoms with Gasteiger partial charge in [-0.25, -0.2) is 12.7 Å². The highest BCUT2D eigenvalue weighted by molar-refractivity contribution is 7.90. The third-order valence-electron chi connectivity index (χ3n) is 7.41. The van der Waals surface area contributed by atoms with Gasteiger partial charge in [-0.15, -0.1) is 0 Å². The molecule has 1 N–H and O–H groups in total. The Morgan fingerprint density at radius 1 is 1.07 bits per heavy atom. The number of amides is 3. The van der Waals surface area contributed by atoms with Crippen molar-refractivity contribution in [1.82, 2.24) is 19.5 Å². The van der Waals surface area contributed by atoms with Crippen LogP contribution in [0, 0.1) is 0 Å². The minimum atomic E-state index is -4.26. The molecule has 13 heteroatoms. The van der Waals surface area contributed by atoms with Gasteiger partial charge in [0.2, 0.25) is 18.6 Å². The number of nitrogens with zero attached hydrogens (tertiary/aromatic N) is 3. The lowest BCUT2D eigenvalue weighted by molar-refractivity contribution is -0.141. The van der Waals surface area contributed by atoms with Crippen LogP contribution in [0.25, 0.3) is 0 Å². The number of pyridine rings is 1. The molecule has 0 radical (unpaired) electrons. The summed E-state index contributed by atoms with van der Waals surface area (Å²) in [5.74, 6) is -1.000. The highest BCUT2D eigenvalue weighted by atomic mass is 32.2. The number of hydrogen-bond donors (Lipinski definition) is 1. The average molecular weight is 593 g/mol. The van der Waals surface area contributed by atoms with Crippen LogP contribution in [-0.2, 0) is 30.9 Å². The normalized spacial score (nSPS) is 18.9. The van der Waals surface area contributed by atoms with E-state index in [-0.39, 0.29) is 36.4 Å². The summed E-state index contributed by atoms with van der Waals surface area (Å²) < 4.78 is 43.6. The summed E-state index contributed by atoms with van der Waals surface area (Å²) in [4.78, 5) is 46.2. The molecule has 0 saturated carbocycles. The summed E-state index contributed by atoms with van der Waals surface area (Å²) in [6, 6.07) is 13.0. The molecule has 42 heavy (non-hydrogen) atoms. The van der Waals surface area contributed by atoms with Crippen molar-refractivity contribution >= 4 is 27.7 Å². The number of hydrogen-bond acceptors (Lipinski definition) is 9. The van der Waals surface area contributed by atoms with Gasteiger partial charge < -0.3 is 24.4 Å². The second-order valence-corrected chi connectivity index (χ2v) is 11.9. The lowest BCUT2D eigenvalue weighted by Gasteiger charge is -2.32. The molecule has 4 heterocycles. The van der Waals surface area contributed by atoms with E-state index in [0.29, 0.717) is 33.5 Å². The highest BCUT2D eigenvalue weighted by Gasteiger charge is 2.43. The van der Waals surface area contributed by atoms with Crippen LogP contribution < -0.4 is 14.8 Å². The lowest BCUT2D eigenvalue weighted by atomic mass is 10.0. The second-order valence-electron chi connectivity index (χ2n) is 10.1. The molecular formula is C29H28N4O8S. The molecule has 3 aliphatic heterocycles. The molecule has 1 fully saturated rings. The fraction of sp³-hybridized carbons (Fsp3) is 0.310. The lowest BCUT2D eigenvalue weighted by Crippen LogP contribution is -2.48. The molecule has 3 amide bonds. The van der Waals surface area contributed by atoms with E-state index < -0.39 is 40.3 Å². The third kappa shape index (κ3) is 5.28. The van der Waals surface area contributed by atoms with Crippen molar-refractivity contribution in [2.24, 2.45) is 0 Å². The van der Waals surface area contributed by atoms with Gasteiger partial charge >= 0.3 is 0 Å². The van der Waals surface area contributed by atoms with Crippen molar-refractivity contribution in [2.75, 3.05) is 26.5 Å². The molecule has 3 aliphatic rings. The van der Waals surface area contributed by atoms with E-state index in [1.165, 1.54) is 35.5 Å².